The zero-order valence-electron chi connectivity index (χ0n) is 32.6. The summed E-state index contributed by atoms with van der Waals surface area (Å²) in [6.45, 7) is 4.51. The van der Waals surface area contributed by atoms with E-state index in [2.05, 4.69) is 181 Å². The monoisotopic (exact) mass is 730 g/mol. The summed E-state index contributed by atoms with van der Waals surface area (Å²) in [6.07, 6.45) is 6.47. The molecular weight excluding hydrogens is 687 g/mol. The van der Waals surface area contributed by atoms with E-state index in [-0.39, 0.29) is 6.71 Å². The first-order chi connectivity index (χ1) is 28.1. The normalized spacial score (nSPS) is 15.0. The highest BCUT2D eigenvalue weighted by molar-refractivity contribution is 7.00. The predicted octanol–water partition coefficient (Wildman–Crippen LogP) is 13.0. The fourth-order valence-electron chi connectivity index (χ4n) is 10.8. The van der Waals surface area contributed by atoms with Gasteiger partial charge in [0, 0.05) is 34.1 Å². The minimum Gasteiger partial charge on any atom is -0.311 e. The van der Waals surface area contributed by atoms with Crippen LogP contribution in [0.3, 0.4) is 0 Å². The molecule has 1 fully saturated rings. The van der Waals surface area contributed by atoms with Crippen LogP contribution >= 0.6 is 0 Å². The second-order valence-corrected chi connectivity index (χ2v) is 16.9. The van der Waals surface area contributed by atoms with Crippen LogP contribution in [0.25, 0.3) is 43.4 Å². The molecule has 0 bridgehead atoms. The third-order valence-electron chi connectivity index (χ3n) is 13.5. The van der Waals surface area contributed by atoms with Crippen molar-refractivity contribution in [1.29, 1.82) is 0 Å². The molecule has 12 rings (SSSR count). The van der Waals surface area contributed by atoms with Crippen LogP contribution in [-0.4, -0.2) is 6.71 Å². The molecule has 0 N–H and O–H groups in total. The standard InChI is InChI=1S/C54H43BN2/c1-34-16-24-43(25-17-34)57-48-28-18-35(2)30-46(48)55-47-31-40(44-26-21-39-20-19-37-12-9-13-38-22-27-45(44)53(39)52(37)38)23-29-49(47)56(42-14-7-4-8-15-42)50-32-41(33-51(57)54(50)55)36-10-5-3-6-11-36/h4,7-9,12-33,36H,3,5-6,10-11H2,1-2H3. The quantitative estimate of drug-likeness (QED) is 0.131. The van der Waals surface area contributed by atoms with Crippen molar-refractivity contribution in [2.75, 3.05) is 9.80 Å². The molecule has 2 heterocycles. The molecule has 0 saturated heterocycles. The molecule has 272 valence electrons. The SMILES string of the molecule is Cc1ccc(N2c3ccc(C)cc3B3c4cc(-c5ccc6ccc7cccc8ccc5c6c78)ccc4N(c4ccccc4)c4cc(C5CCCCC5)cc2c43)cc1. The molecule has 0 aromatic heterocycles. The van der Waals surface area contributed by atoms with Gasteiger partial charge >= 0.3 is 0 Å². The summed E-state index contributed by atoms with van der Waals surface area (Å²) in [5, 5.41) is 7.94. The molecular formula is C54H43BN2. The fraction of sp³-hybridized carbons (Fsp3) is 0.148. The van der Waals surface area contributed by atoms with Gasteiger partial charge in [-0.25, -0.2) is 0 Å². The summed E-state index contributed by atoms with van der Waals surface area (Å²) in [6, 6.07) is 60.5. The van der Waals surface area contributed by atoms with Crippen molar-refractivity contribution in [1.82, 2.24) is 0 Å². The minimum atomic E-state index is 0.0710. The predicted molar refractivity (Wildman–Crippen MR) is 245 cm³/mol. The Morgan fingerprint density at radius 1 is 0.474 bits per heavy atom. The second-order valence-electron chi connectivity index (χ2n) is 16.9. The number of benzene rings is 9. The smallest absolute Gasteiger partial charge is 0.252 e. The Labute approximate surface area is 335 Å². The highest BCUT2D eigenvalue weighted by atomic mass is 15.2. The van der Waals surface area contributed by atoms with Gasteiger partial charge in [0.15, 0.2) is 0 Å². The second kappa shape index (κ2) is 12.6. The number of rotatable bonds is 4. The zero-order chi connectivity index (χ0) is 37.8. The topological polar surface area (TPSA) is 6.48 Å². The van der Waals surface area contributed by atoms with Crippen LogP contribution < -0.4 is 26.2 Å². The van der Waals surface area contributed by atoms with E-state index in [1.54, 1.807) is 0 Å². The summed E-state index contributed by atoms with van der Waals surface area (Å²) in [7, 11) is 0. The van der Waals surface area contributed by atoms with Crippen LogP contribution in [0.4, 0.5) is 34.1 Å². The summed E-state index contributed by atoms with van der Waals surface area (Å²) >= 11 is 0. The van der Waals surface area contributed by atoms with Crippen molar-refractivity contribution >= 4 is 89.5 Å². The summed E-state index contributed by atoms with van der Waals surface area (Å²) < 4.78 is 0. The molecule has 0 spiro atoms. The molecule has 57 heavy (non-hydrogen) atoms. The number of hydrogen-bond donors (Lipinski definition) is 0. The molecule has 0 unspecified atom stereocenters. The lowest BCUT2D eigenvalue weighted by atomic mass is 9.33. The highest BCUT2D eigenvalue weighted by Crippen LogP contribution is 2.48. The van der Waals surface area contributed by atoms with Gasteiger partial charge in [-0.15, -0.1) is 0 Å². The van der Waals surface area contributed by atoms with Gasteiger partial charge in [0.1, 0.15) is 0 Å². The number of hydrogen-bond acceptors (Lipinski definition) is 2. The van der Waals surface area contributed by atoms with Crippen molar-refractivity contribution < 1.29 is 0 Å². The third kappa shape index (κ3) is 4.98. The van der Waals surface area contributed by atoms with Gasteiger partial charge in [0.2, 0.25) is 0 Å². The maximum absolute atomic E-state index is 2.59. The average Bonchev–Trinajstić information content (AvgIpc) is 3.26. The van der Waals surface area contributed by atoms with Crippen LogP contribution in [0.1, 0.15) is 54.7 Å². The van der Waals surface area contributed by atoms with E-state index in [0.717, 1.165) is 0 Å². The molecule has 9 aromatic carbocycles. The number of fused-ring (bicyclic) bond motifs is 4. The Hall–Kier alpha value is -6.32. The van der Waals surface area contributed by atoms with Gasteiger partial charge in [0.25, 0.3) is 6.71 Å². The van der Waals surface area contributed by atoms with Crippen LogP contribution in [0.15, 0.2) is 158 Å². The van der Waals surface area contributed by atoms with E-state index in [1.807, 2.05) is 0 Å². The van der Waals surface area contributed by atoms with E-state index in [1.165, 1.54) is 143 Å². The molecule has 3 aliphatic rings. The van der Waals surface area contributed by atoms with Crippen LogP contribution in [-0.2, 0) is 0 Å². The molecule has 0 radical (unpaired) electrons. The van der Waals surface area contributed by atoms with Crippen LogP contribution in [0.2, 0.25) is 0 Å². The Balaban J connectivity index is 1.16. The average molecular weight is 731 g/mol. The van der Waals surface area contributed by atoms with E-state index in [4.69, 9.17) is 0 Å². The third-order valence-corrected chi connectivity index (χ3v) is 13.5. The summed E-state index contributed by atoms with van der Waals surface area (Å²) in [5.74, 6) is 0.564. The van der Waals surface area contributed by atoms with Gasteiger partial charge in [-0.1, -0.05) is 140 Å². The lowest BCUT2D eigenvalue weighted by molar-refractivity contribution is 0.444. The lowest BCUT2D eigenvalue weighted by Crippen LogP contribution is -2.61. The van der Waals surface area contributed by atoms with E-state index in [9.17, 15) is 0 Å². The van der Waals surface area contributed by atoms with Gasteiger partial charge in [-0.2, -0.15) is 0 Å². The van der Waals surface area contributed by atoms with Gasteiger partial charge < -0.3 is 9.80 Å². The van der Waals surface area contributed by atoms with Crippen LogP contribution in [0, 0.1) is 13.8 Å². The van der Waals surface area contributed by atoms with Crippen molar-refractivity contribution in [3.05, 3.63) is 174 Å². The molecule has 1 aliphatic carbocycles. The maximum Gasteiger partial charge on any atom is 0.252 e. The first kappa shape index (κ1) is 32.9. The van der Waals surface area contributed by atoms with Crippen molar-refractivity contribution in [2.24, 2.45) is 0 Å². The first-order valence-electron chi connectivity index (χ1n) is 20.9. The Morgan fingerprint density at radius 2 is 1.09 bits per heavy atom. The Kier molecular flexibility index (Phi) is 7.27. The van der Waals surface area contributed by atoms with E-state index < -0.39 is 0 Å². The van der Waals surface area contributed by atoms with Gasteiger partial charge in [0.05, 0.1) is 0 Å². The molecule has 1 saturated carbocycles. The number of anilines is 6. The molecule has 9 aromatic rings. The first-order valence-corrected chi connectivity index (χ1v) is 20.9. The van der Waals surface area contributed by atoms with Crippen molar-refractivity contribution in [3.63, 3.8) is 0 Å². The Morgan fingerprint density at radius 3 is 1.82 bits per heavy atom. The lowest BCUT2D eigenvalue weighted by Gasteiger charge is -2.45. The Bertz CT molecular complexity index is 3020. The van der Waals surface area contributed by atoms with Gasteiger partial charge in [-0.05, 0) is 147 Å². The maximum atomic E-state index is 2.59. The van der Waals surface area contributed by atoms with Gasteiger partial charge in [-0.3, -0.25) is 0 Å². The minimum absolute atomic E-state index is 0.0710. The number of nitrogens with zero attached hydrogens (tertiary/aromatic N) is 2. The number of para-hydroxylation sites is 1. The van der Waals surface area contributed by atoms with Crippen molar-refractivity contribution in [2.45, 2.75) is 51.9 Å². The summed E-state index contributed by atoms with van der Waals surface area (Å²) in [5.41, 5.74) is 18.3. The molecule has 2 aliphatic heterocycles. The van der Waals surface area contributed by atoms with Crippen LogP contribution in [0.5, 0.6) is 0 Å². The van der Waals surface area contributed by atoms with E-state index >= 15 is 0 Å². The highest BCUT2D eigenvalue weighted by Gasteiger charge is 2.44. The molecule has 3 heteroatoms. The largest absolute Gasteiger partial charge is 0.311 e. The van der Waals surface area contributed by atoms with Crippen molar-refractivity contribution in [3.8, 4) is 11.1 Å². The molecule has 0 atom stereocenters. The fourth-order valence-corrected chi connectivity index (χ4v) is 10.8. The van der Waals surface area contributed by atoms with E-state index in [0.29, 0.717) is 5.92 Å². The molecule has 2 nitrogen and oxygen atoms in total. The summed E-state index contributed by atoms with van der Waals surface area (Å²) in [4.78, 5) is 5.16. The number of aryl methyl sites for hydroxylation is 2. The molecule has 0 amide bonds. The zero-order valence-corrected chi connectivity index (χ0v) is 32.6.